The zero-order chi connectivity index (χ0) is 23.0. The molecule has 0 atom stereocenters. The van der Waals surface area contributed by atoms with Crippen molar-refractivity contribution in [1.29, 1.82) is 5.26 Å². The van der Waals surface area contributed by atoms with Crippen molar-refractivity contribution in [3.05, 3.63) is 58.3 Å². The first-order valence-electron chi connectivity index (χ1n) is 11.3. The minimum absolute atomic E-state index is 0.00666. The van der Waals surface area contributed by atoms with E-state index in [0.717, 1.165) is 42.5 Å². The van der Waals surface area contributed by atoms with Crippen molar-refractivity contribution in [3.8, 4) is 11.9 Å². The molecular weight excluding hydrogens is 420 g/mol. The molecular formula is C25H26N4O4. The predicted molar refractivity (Wildman–Crippen MR) is 118 cm³/mol. The number of ether oxygens (including phenoxy) is 2. The maximum atomic E-state index is 12.6. The van der Waals surface area contributed by atoms with Gasteiger partial charge in [0.15, 0.2) is 0 Å². The Morgan fingerprint density at radius 3 is 2.85 bits per heavy atom. The highest BCUT2D eigenvalue weighted by Gasteiger charge is 2.54. The number of benzene rings is 1. The number of pyridine rings is 1. The van der Waals surface area contributed by atoms with Crippen LogP contribution in [0.15, 0.2) is 30.3 Å². The van der Waals surface area contributed by atoms with Gasteiger partial charge in [0.25, 0.3) is 11.8 Å². The van der Waals surface area contributed by atoms with Crippen LogP contribution in [-0.2, 0) is 24.2 Å². The van der Waals surface area contributed by atoms with Gasteiger partial charge in [-0.05, 0) is 54.9 Å². The van der Waals surface area contributed by atoms with Crippen LogP contribution in [0.5, 0.6) is 5.88 Å². The summed E-state index contributed by atoms with van der Waals surface area (Å²) in [5.41, 5.74) is 9.26. The van der Waals surface area contributed by atoms with Crippen molar-refractivity contribution in [1.82, 2.24) is 10.3 Å². The molecule has 3 N–H and O–H groups in total. The van der Waals surface area contributed by atoms with E-state index < -0.39 is 5.91 Å². The van der Waals surface area contributed by atoms with Crippen molar-refractivity contribution in [2.24, 2.45) is 11.1 Å². The summed E-state index contributed by atoms with van der Waals surface area (Å²) in [7, 11) is 0. The molecule has 0 radical (unpaired) electrons. The Hall–Kier alpha value is -3.44. The first kappa shape index (κ1) is 21.4. The number of primary amides is 1. The van der Waals surface area contributed by atoms with Gasteiger partial charge < -0.3 is 20.5 Å². The Balaban J connectivity index is 1.15. The van der Waals surface area contributed by atoms with Crippen LogP contribution in [0.4, 0.5) is 0 Å². The van der Waals surface area contributed by atoms with Crippen LogP contribution >= 0.6 is 0 Å². The second-order valence-corrected chi connectivity index (χ2v) is 9.38. The quantitative estimate of drug-likeness (QED) is 0.702. The summed E-state index contributed by atoms with van der Waals surface area (Å²) in [6.45, 7) is 1.04. The van der Waals surface area contributed by atoms with Gasteiger partial charge in [0, 0.05) is 23.6 Å². The molecule has 170 valence electrons. The van der Waals surface area contributed by atoms with Gasteiger partial charge in [0.05, 0.1) is 31.4 Å². The Bertz CT molecular complexity index is 1140. The van der Waals surface area contributed by atoms with E-state index in [0.29, 0.717) is 43.1 Å². The van der Waals surface area contributed by atoms with Crippen LogP contribution in [0.3, 0.4) is 0 Å². The molecule has 0 saturated heterocycles. The van der Waals surface area contributed by atoms with Crippen LogP contribution in [0.25, 0.3) is 0 Å². The Labute approximate surface area is 192 Å². The van der Waals surface area contributed by atoms with E-state index in [1.165, 1.54) is 0 Å². The third-order valence-electron chi connectivity index (χ3n) is 6.93. The van der Waals surface area contributed by atoms with E-state index in [-0.39, 0.29) is 23.5 Å². The average molecular weight is 447 g/mol. The minimum Gasteiger partial charge on any atom is -0.474 e. The molecule has 8 nitrogen and oxygen atoms in total. The number of nitriles is 1. The monoisotopic (exact) mass is 446 g/mol. The molecule has 3 aliphatic rings. The largest absolute Gasteiger partial charge is 0.474 e. The molecule has 1 aromatic carbocycles. The van der Waals surface area contributed by atoms with Gasteiger partial charge in [0.1, 0.15) is 11.7 Å². The highest BCUT2D eigenvalue weighted by Crippen LogP contribution is 2.56. The summed E-state index contributed by atoms with van der Waals surface area (Å²) in [4.78, 5) is 29.1. The first-order valence-corrected chi connectivity index (χ1v) is 11.3. The lowest BCUT2D eigenvalue weighted by atomic mass is 9.53. The second kappa shape index (κ2) is 8.49. The molecule has 2 fully saturated rings. The summed E-state index contributed by atoms with van der Waals surface area (Å²) < 4.78 is 11.5. The zero-order valence-electron chi connectivity index (χ0n) is 18.3. The number of carbonyl (C=O) groups excluding carboxylic acids is 2. The molecule has 2 heterocycles. The number of nitrogens with zero attached hydrogens (tertiary/aromatic N) is 2. The van der Waals surface area contributed by atoms with E-state index in [1.807, 2.05) is 6.07 Å². The summed E-state index contributed by atoms with van der Waals surface area (Å²) >= 11 is 0. The highest BCUT2D eigenvalue weighted by molar-refractivity contribution is 5.95. The molecule has 2 saturated carbocycles. The molecule has 2 aromatic rings. The number of fused-ring (bicyclic) bond motifs is 1. The third-order valence-corrected chi connectivity index (χ3v) is 6.93. The number of nitrogens with one attached hydrogen (secondary N) is 1. The molecule has 2 amide bonds. The van der Waals surface area contributed by atoms with Gasteiger partial charge in [-0.1, -0.05) is 12.1 Å². The van der Waals surface area contributed by atoms with Crippen molar-refractivity contribution in [2.75, 3.05) is 6.61 Å². The van der Waals surface area contributed by atoms with Crippen molar-refractivity contribution < 1.29 is 19.1 Å². The third kappa shape index (κ3) is 4.29. The molecule has 0 unspecified atom stereocenters. The van der Waals surface area contributed by atoms with E-state index in [1.54, 1.807) is 24.3 Å². The molecule has 33 heavy (non-hydrogen) atoms. The van der Waals surface area contributed by atoms with E-state index in [9.17, 15) is 9.59 Å². The number of carbonyl (C=O) groups is 2. The van der Waals surface area contributed by atoms with E-state index in [2.05, 4.69) is 16.4 Å². The van der Waals surface area contributed by atoms with Gasteiger partial charge in [-0.15, -0.1) is 0 Å². The minimum atomic E-state index is -0.551. The lowest BCUT2D eigenvalue weighted by molar-refractivity contribution is -0.0849. The summed E-state index contributed by atoms with van der Waals surface area (Å²) in [6, 6.07) is 11.2. The predicted octanol–water partition coefficient (Wildman–Crippen LogP) is 2.44. The molecule has 8 heteroatoms. The molecule has 0 bridgehead atoms. The Morgan fingerprint density at radius 2 is 2.09 bits per heavy atom. The van der Waals surface area contributed by atoms with Gasteiger partial charge in [-0.25, -0.2) is 4.98 Å². The summed E-state index contributed by atoms with van der Waals surface area (Å²) in [5.74, 6) is -0.329. The fraction of sp³-hybridized carbons (Fsp3) is 0.440. The van der Waals surface area contributed by atoms with Crippen molar-refractivity contribution >= 4 is 11.8 Å². The lowest BCUT2D eigenvalue weighted by Crippen LogP contribution is -2.58. The Kier molecular flexibility index (Phi) is 5.51. The topological polar surface area (TPSA) is 127 Å². The van der Waals surface area contributed by atoms with Crippen LogP contribution in [0.1, 0.15) is 63.2 Å². The maximum Gasteiger partial charge on any atom is 0.254 e. The van der Waals surface area contributed by atoms with Crippen molar-refractivity contribution in [3.63, 3.8) is 0 Å². The van der Waals surface area contributed by atoms with E-state index >= 15 is 0 Å². The first-order chi connectivity index (χ1) is 15.9. The van der Waals surface area contributed by atoms with Gasteiger partial charge >= 0.3 is 0 Å². The van der Waals surface area contributed by atoms with Crippen LogP contribution in [-0.4, -0.2) is 35.6 Å². The van der Waals surface area contributed by atoms with Crippen LogP contribution in [0.2, 0.25) is 0 Å². The molecule has 1 aliphatic heterocycles. The molecule has 5 rings (SSSR count). The molecule has 1 aromatic heterocycles. The summed E-state index contributed by atoms with van der Waals surface area (Å²) in [6.07, 6.45) is 4.54. The summed E-state index contributed by atoms with van der Waals surface area (Å²) in [5, 5.41) is 11.9. The molecule has 2 aliphatic carbocycles. The zero-order valence-corrected chi connectivity index (χ0v) is 18.3. The standard InChI is InChI=1S/C25H26N4O4/c26-6-4-15-2-1-3-16(8-15)23(31)28-18-10-25(11-18)12-19(13-25)33-24-20(22(27)30)9-17-14-32-7-5-21(17)29-24/h1-3,8-9,18-19H,4-5,7,10-14H2,(H2,27,30)(H,28,31). The fourth-order valence-electron chi connectivity index (χ4n) is 5.28. The normalized spacial score (nSPS) is 25.2. The fourth-order valence-corrected chi connectivity index (χ4v) is 5.28. The van der Waals surface area contributed by atoms with Crippen molar-refractivity contribution in [2.45, 2.75) is 57.3 Å². The van der Waals surface area contributed by atoms with Crippen LogP contribution in [0, 0.1) is 16.7 Å². The average Bonchev–Trinajstić information content (AvgIpc) is 2.76. The lowest BCUT2D eigenvalue weighted by Gasteiger charge is -2.57. The van der Waals surface area contributed by atoms with Gasteiger partial charge in [-0.2, -0.15) is 5.26 Å². The number of hydrogen-bond acceptors (Lipinski definition) is 6. The maximum absolute atomic E-state index is 12.6. The van der Waals surface area contributed by atoms with Gasteiger partial charge in [-0.3, -0.25) is 9.59 Å². The number of amides is 2. The smallest absolute Gasteiger partial charge is 0.254 e. The number of nitrogens with two attached hydrogens (primary N) is 1. The second-order valence-electron chi connectivity index (χ2n) is 9.38. The number of hydrogen-bond donors (Lipinski definition) is 2. The number of aromatic nitrogens is 1. The Morgan fingerprint density at radius 1 is 1.27 bits per heavy atom. The number of rotatable bonds is 6. The van der Waals surface area contributed by atoms with E-state index in [4.69, 9.17) is 20.5 Å². The van der Waals surface area contributed by atoms with Gasteiger partial charge in [0.2, 0.25) is 5.88 Å². The molecule has 1 spiro atoms. The van der Waals surface area contributed by atoms with Crippen LogP contribution < -0.4 is 15.8 Å². The highest BCUT2D eigenvalue weighted by atomic mass is 16.5. The SMILES string of the molecule is N#CCc1cccc(C(=O)NC2CC3(C2)CC(Oc2nc4c(cc2C(N)=O)COCC4)C3)c1.